The van der Waals surface area contributed by atoms with Gasteiger partial charge in [-0.15, -0.1) is 0 Å². The molecule has 0 radical (unpaired) electrons. The summed E-state index contributed by atoms with van der Waals surface area (Å²) in [5.41, 5.74) is 1.13. The van der Waals surface area contributed by atoms with E-state index in [2.05, 4.69) is 31.6 Å². The van der Waals surface area contributed by atoms with Crippen LogP contribution in [0.5, 0.6) is 5.75 Å². The van der Waals surface area contributed by atoms with Crippen LogP contribution in [0.2, 0.25) is 0 Å². The minimum absolute atomic E-state index is 0.340. The zero-order chi connectivity index (χ0) is 15.5. The Morgan fingerprint density at radius 1 is 1.45 bits per heavy atom. The highest BCUT2D eigenvalue weighted by Crippen LogP contribution is 2.34. The number of halogens is 1. The lowest BCUT2D eigenvalue weighted by Gasteiger charge is -2.22. The number of ether oxygens (including phenoxy) is 2. The lowest BCUT2D eigenvalue weighted by molar-refractivity contribution is 0.0992. The summed E-state index contributed by atoms with van der Waals surface area (Å²) < 4.78 is 12.2. The van der Waals surface area contributed by atoms with Gasteiger partial charge in [0, 0.05) is 18.1 Å². The van der Waals surface area contributed by atoms with Crippen LogP contribution in [0.15, 0.2) is 27.7 Å². The van der Waals surface area contributed by atoms with Crippen LogP contribution in [0.1, 0.15) is 24.8 Å². The van der Waals surface area contributed by atoms with Crippen LogP contribution in [0.3, 0.4) is 0 Å². The first-order valence-electron chi connectivity index (χ1n) is 7.64. The largest absolute Gasteiger partial charge is 0.497 e. The van der Waals surface area contributed by atoms with Crippen molar-refractivity contribution in [3.05, 3.63) is 28.2 Å². The molecule has 120 valence electrons. The third-order valence-electron chi connectivity index (χ3n) is 4.35. The molecule has 2 aliphatic rings. The summed E-state index contributed by atoms with van der Waals surface area (Å²) in [6.45, 7) is 0.680. The number of guanidine groups is 1. The molecule has 3 unspecified atom stereocenters. The van der Waals surface area contributed by atoms with Gasteiger partial charge in [0.15, 0.2) is 5.96 Å². The highest BCUT2D eigenvalue weighted by atomic mass is 79.9. The zero-order valence-electron chi connectivity index (χ0n) is 12.9. The van der Waals surface area contributed by atoms with Crippen molar-refractivity contribution < 1.29 is 9.47 Å². The van der Waals surface area contributed by atoms with Crippen LogP contribution in [-0.4, -0.2) is 38.4 Å². The molecule has 0 spiro atoms. The second kappa shape index (κ2) is 6.87. The maximum atomic E-state index is 5.87. The molecule has 3 atom stereocenters. The van der Waals surface area contributed by atoms with Gasteiger partial charge in [-0.05, 0) is 43.0 Å². The van der Waals surface area contributed by atoms with Gasteiger partial charge in [0.1, 0.15) is 5.75 Å². The molecule has 2 fully saturated rings. The van der Waals surface area contributed by atoms with Crippen molar-refractivity contribution >= 4 is 21.9 Å². The maximum absolute atomic E-state index is 5.87. The summed E-state index contributed by atoms with van der Waals surface area (Å²) >= 11 is 3.57. The van der Waals surface area contributed by atoms with Crippen molar-refractivity contribution in [2.24, 2.45) is 4.99 Å². The molecule has 0 saturated carbocycles. The van der Waals surface area contributed by atoms with E-state index in [0.29, 0.717) is 24.8 Å². The summed E-state index contributed by atoms with van der Waals surface area (Å²) in [7, 11) is 3.47. The second-order valence-electron chi connectivity index (χ2n) is 5.74. The summed E-state index contributed by atoms with van der Waals surface area (Å²) in [5, 5.41) is 6.84. The van der Waals surface area contributed by atoms with Gasteiger partial charge in [0.25, 0.3) is 0 Å². The Hall–Kier alpha value is -1.27. The number of methoxy groups -OCH3 is 1. The Kier molecular flexibility index (Phi) is 4.88. The predicted octanol–water partition coefficient (Wildman–Crippen LogP) is 2.44. The van der Waals surface area contributed by atoms with E-state index in [9.17, 15) is 0 Å². The van der Waals surface area contributed by atoms with Crippen LogP contribution >= 0.6 is 15.9 Å². The molecule has 0 aromatic heterocycles. The molecule has 2 bridgehead atoms. The number of hydrogen-bond acceptors (Lipinski definition) is 3. The van der Waals surface area contributed by atoms with Crippen molar-refractivity contribution in [2.45, 2.75) is 44.1 Å². The minimum Gasteiger partial charge on any atom is -0.497 e. The molecule has 2 heterocycles. The molecule has 1 aromatic rings. The van der Waals surface area contributed by atoms with Gasteiger partial charge in [0.05, 0.1) is 25.4 Å². The zero-order valence-corrected chi connectivity index (χ0v) is 14.5. The van der Waals surface area contributed by atoms with E-state index in [1.165, 1.54) is 6.42 Å². The van der Waals surface area contributed by atoms with Crippen LogP contribution in [0.25, 0.3) is 0 Å². The molecule has 2 aliphatic heterocycles. The van der Waals surface area contributed by atoms with Crippen LogP contribution in [0.4, 0.5) is 0 Å². The molecular formula is C16H22BrN3O2. The van der Waals surface area contributed by atoms with Crippen LogP contribution in [0, 0.1) is 0 Å². The summed E-state index contributed by atoms with van der Waals surface area (Å²) in [6.07, 6.45) is 4.21. The summed E-state index contributed by atoms with van der Waals surface area (Å²) in [4.78, 5) is 4.31. The first-order valence-corrected chi connectivity index (χ1v) is 8.44. The monoisotopic (exact) mass is 367 g/mol. The molecular weight excluding hydrogens is 346 g/mol. The van der Waals surface area contributed by atoms with Crippen molar-refractivity contribution in [3.8, 4) is 5.75 Å². The van der Waals surface area contributed by atoms with E-state index < -0.39 is 0 Å². The number of aliphatic imine (C=N–C) groups is 1. The smallest absolute Gasteiger partial charge is 0.191 e. The SMILES string of the molecule is CN=C(NCc1cc(OC)ccc1Br)NC1CC2CCC1O2. The Balaban J connectivity index is 1.57. The van der Waals surface area contributed by atoms with Crippen molar-refractivity contribution in [2.75, 3.05) is 14.2 Å². The van der Waals surface area contributed by atoms with Gasteiger partial charge in [-0.3, -0.25) is 4.99 Å². The van der Waals surface area contributed by atoms with E-state index in [1.54, 1.807) is 14.2 Å². The van der Waals surface area contributed by atoms with Crippen molar-refractivity contribution in [3.63, 3.8) is 0 Å². The molecule has 22 heavy (non-hydrogen) atoms. The lowest BCUT2D eigenvalue weighted by atomic mass is 9.96. The van der Waals surface area contributed by atoms with E-state index in [-0.39, 0.29) is 0 Å². The van der Waals surface area contributed by atoms with Gasteiger partial charge >= 0.3 is 0 Å². The number of nitrogens with zero attached hydrogens (tertiary/aromatic N) is 1. The Labute approximate surface area is 139 Å². The molecule has 2 N–H and O–H groups in total. The number of benzene rings is 1. The molecule has 6 heteroatoms. The van der Waals surface area contributed by atoms with E-state index in [0.717, 1.165) is 34.6 Å². The summed E-state index contributed by atoms with van der Waals surface area (Å²) in [6, 6.07) is 6.33. The fourth-order valence-corrected chi connectivity index (χ4v) is 3.54. The fraction of sp³-hybridized carbons (Fsp3) is 0.562. The average molecular weight is 368 g/mol. The molecule has 2 saturated heterocycles. The van der Waals surface area contributed by atoms with Crippen molar-refractivity contribution in [1.82, 2.24) is 10.6 Å². The maximum Gasteiger partial charge on any atom is 0.191 e. The van der Waals surface area contributed by atoms with Gasteiger partial charge in [-0.25, -0.2) is 0 Å². The van der Waals surface area contributed by atoms with Crippen molar-refractivity contribution in [1.29, 1.82) is 0 Å². The van der Waals surface area contributed by atoms with E-state index >= 15 is 0 Å². The molecule has 0 amide bonds. The first-order chi connectivity index (χ1) is 10.7. The molecule has 1 aromatic carbocycles. The Morgan fingerprint density at radius 2 is 2.32 bits per heavy atom. The molecule has 3 rings (SSSR count). The normalized spacial score (nSPS) is 27.0. The number of nitrogens with one attached hydrogen (secondary N) is 2. The number of rotatable bonds is 4. The Bertz CT molecular complexity index is 564. The van der Waals surface area contributed by atoms with E-state index in [4.69, 9.17) is 9.47 Å². The fourth-order valence-electron chi connectivity index (χ4n) is 3.15. The van der Waals surface area contributed by atoms with E-state index in [1.807, 2.05) is 18.2 Å². The van der Waals surface area contributed by atoms with Gasteiger partial charge in [-0.2, -0.15) is 0 Å². The quantitative estimate of drug-likeness (QED) is 0.633. The van der Waals surface area contributed by atoms with Gasteiger partial charge in [-0.1, -0.05) is 15.9 Å². The number of hydrogen-bond donors (Lipinski definition) is 2. The average Bonchev–Trinajstić information content (AvgIpc) is 3.15. The third-order valence-corrected chi connectivity index (χ3v) is 5.12. The number of fused-ring (bicyclic) bond motifs is 2. The minimum atomic E-state index is 0.340. The molecule has 5 nitrogen and oxygen atoms in total. The van der Waals surface area contributed by atoms with Gasteiger partial charge < -0.3 is 20.1 Å². The van der Waals surface area contributed by atoms with Crippen LogP contribution in [-0.2, 0) is 11.3 Å². The second-order valence-corrected chi connectivity index (χ2v) is 6.60. The summed E-state index contributed by atoms with van der Waals surface area (Å²) in [5.74, 6) is 1.67. The molecule has 0 aliphatic carbocycles. The van der Waals surface area contributed by atoms with Gasteiger partial charge in [0.2, 0.25) is 0 Å². The Morgan fingerprint density at radius 3 is 2.95 bits per heavy atom. The highest BCUT2D eigenvalue weighted by molar-refractivity contribution is 9.10. The highest BCUT2D eigenvalue weighted by Gasteiger charge is 2.41. The lowest BCUT2D eigenvalue weighted by Crippen LogP contribution is -2.47. The topological polar surface area (TPSA) is 54.9 Å². The standard InChI is InChI=1S/C16H22BrN3O2/c1-18-16(20-14-8-12-4-6-15(14)22-12)19-9-10-7-11(21-2)3-5-13(10)17/h3,5,7,12,14-15H,4,6,8-9H2,1-2H3,(H2,18,19,20). The van der Waals surface area contributed by atoms with Crippen LogP contribution < -0.4 is 15.4 Å². The third kappa shape index (κ3) is 3.38. The predicted molar refractivity (Wildman–Crippen MR) is 90.3 cm³/mol. The first kappa shape index (κ1) is 15.6.